The Morgan fingerprint density at radius 1 is 0.944 bits per heavy atom. The smallest absolute Gasteiger partial charge is 0.243 e. The number of carbonyl (C=O) groups excluding carboxylic acids is 2. The summed E-state index contributed by atoms with van der Waals surface area (Å²) in [6.07, 6.45) is 2.35. The van der Waals surface area contributed by atoms with Gasteiger partial charge in [-0.1, -0.05) is 74.0 Å². The highest BCUT2D eigenvalue weighted by atomic mass is 32.2. The van der Waals surface area contributed by atoms with Crippen molar-refractivity contribution in [1.29, 1.82) is 0 Å². The van der Waals surface area contributed by atoms with Crippen LogP contribution in [0.3, 0.4) is 0 Å². The Kier molecular flexibility index (Phi) is 9.61. The Balaban J connectivity index is 1.77. The van der Waals surface area contributed by atoms with Gasteiger partial charge in [-0.05, 0) is 48.2 Å². The molecule has 1 N–H and O–H groups in total. The summed E-state index contributed by atoms with van der Waals surface area (Å²) in [7, 11) is -2.51. The summed E-state index contributed by atoms with van der Waals surface area (Å²) in [5.74, 6) is -0.666. The topological polar surface area (TPSA) is 86.8 Å². The van der Waals surface area contributed by atoms with E-state index in [2.05, 4.69) is 5.32 Å². The van der Waals surface area contributed by atoms with Crippen molar-refractivity contribution in [2.75, 3.05) is 26.7 Å². The highest BCUT2D eigenvalue weighted by Crippen LogP contribution is 2.21. The zero-order chi connectivity index (χ0) is 26.1. The summed E-state index contributed by atoms with van der Waals surface area (Å²) in [4.78, 5) is 27.7. The SMILES string of the molecule is CCCCNC(=O)[C@@H](C)N(CCc1ccccc1)C(=O)CN(C)S(=O)(=O)c1ccc2ccccc2c1. The summed E-state index contributed by atoms with van der Waals surface area (Å²) < 4.78 is 27.6. The van der Waals surface area contributed by atoms with Crippen molar-refractivity contribution in [3.8, 4) is 0 Å². The Hall–Kier alpha value is -3.23. The Labute approximate surface area is 214 Å². The molecule has 0 aliphatic heterocycles. The van der Waals surface area contributed by atoms with Gasteiger partial charge < -0.3 is 10.2 Å². The van der Waals surface area contributed by atoms with Gasteiger partial charge in [0.1, 0.15) is 6.04 Å². The second-order valence-corrected chi connectivity index (χ2v) is 11.0. The summed E-state index contributed by atoms with van der Waals surface area (Å²) >= 11 is 0. The number of likely N-dealkylation sites (N-methyl/N-ethyl adjacent to an activating group) is 1. The van der Waals surface area contributed by atoms with E-state index in [1.165, 1.54) is 11.9 Å². The molecule has 3 aromatic carbocycles. The minimum atomic E-state index is -3.90. The van der Waals surface area contributed by atoms with E-state index in [0.29, 0.717) is 19.5 Å². The van der Waals surface area contributed by atoms with Gasteiger partial charge in [-0.2, -0.15) is 4.31 Å². The molecule has 0 bridgehead atoms. The van der Waals surface area contributed by atoms with E-state index in [-0.39, 0.29) is 17.3 Å². The van der Waals surface area contributed by atoms with Gasteiger partial charge in [-0.15, -0.1) is 0 Å². The fourth-order valence-corrected chi connectivity index (χ4v) is 5.14. The molecule has 0 aliphatic carbocycles. The van der Waals surface area contributed by atoms with E-state index >= 15 is 0 Å². The number of unbranched alkanes of at least 4 members (excludes halogenated alkanes) is 1. The maximum Gasteiger partial charge on any atom is 0.243 e. The summed E-state index contributed by atoms with van der Waals surface area (Å²) in [5.41, 5.74) is 1.03. The van der Waals surface area contributed by atoms with Crippen molar-refractivity contribution in [3.05, 3.63) is 78.4 Å². The highest BCUT2D eigenvalue weighted by molar-refractivity contribution is 7.89. The van der Waals surface area contributed by atoms with Gasteiger partial charge in [0, 0.05) is 20.1 Å². The Bertz CT molecular complexity index is 1280. The number of carbonyl (C=O) groups is 2. The number of amides is 2. The van der Waals surface area contributed by atoms with Crippen LogP contribution in [0.2, 0.25) is 0 Å². The van der Waals surface area contributed by atoms with Crippen LogP contribution in [-0.2, 0) is 26.0 Å². The van der Waals surface area contributed by atoms with Crippen molar-refractivity contribution >= 4 is 32.6 Å². The van der Waals surface area contributed by atoms with E-state index in [0.717, 1.165) is 33.5 Å². The molecule has 0 radical (unpaired) electrons. The molecule has 0 aromatic heterocycles. The molecule has 0 saturated heterocycles. The minimum absolute atomic E-state index is 0.123. The van der Waals surface area contributed by atoms with Gasteiger partial charge in [0.05, 0.1) is 11.4 Å². The number of hydrogen-bond donors (Lipinski definition) is 1. The number of fused-ring (bicyclic) bond motifs is 1. The Morgan fingerprint density at radius 3 is 2.31 bits per heavy atom. The van der Waals surface area contributed by atoms with Crippen LogP contribution in [0, 0.1) is 0 Å². The van der Waals surface area contributed by atoms with Crippen LogP contribution in [0.25, 0.3) is 10.8 Å². The maximum atomic E-state index is 13.4. The van der Waals surface area contributed by atoms with Gasteiger partial charge in [0.2, 0.25) is 21.8 Å². The monoisotopic (exact) mass is 509 g/mol. The molecule has 0 heterocycles. The average Bonchev–Trinajstić information content (AvgIpc) is 2.89. The van der Waals surface area contributed by atoms with Gasteiger partial charge in [-0.3, -0.25) is 9.59 Å². The first-order valence-electron chi connectivity index (χ1n) is 12.3. The molecule has 36 heavy (non-hydrogen) atoms. The zero-order valence-corrected chi connectivity index (χ0v) is 22.0. The van der Waals surface area contributed by atoms with E-state index < -0.39 is 22.0 Å². The number of nitrogens with zero attached hydrogens (tertiary/aromatic N) is 2. The fraction of sp³-hybridized carbons (Fsp3) is 0.357. The van der Waals surface area contributed by atoms with E-state index in [1.807, 2.05) is 61.5 Å². The van der Waals surface area contributed by atoms with Crippen molar-refractivity contribution < 1.29 is 18.0 Å². The maximum absolute atomic E-state index is 13.4. The van der Waals surface area contributed by atoms with Gasteiger partial charge >= 0.3 is 0 Å². The standard InChI is InChI=1S/C28H35N3O4S/c1-4-5-18-29-28(33)22(2)31(19-17-23-11-7-6-8-12-23)27(32)21-30(3)36(34,35)26-16-15-24-13-9-10-14-25(24)20-26/h6-16,20,22H,4-5,17-19,21H2,1-3H3,(H,29,33)/t22-/m1/s1. The highest BCUT2D eigenvalue weighted by Gasteiger charge is 2.30. The van der Waals surface area contributed by atoms with Crippen LogP contribution in [-0.4, -0.2) is 62.2 Å². The first-order valence-corrected chi connectivity index (χ1v) is 13.7. The first-order chi connectivity index (χ1) is 17.2. The molecule has 0 saturated carbocycles. The molecular formula is C28H35N3O4S. The molecular weight excluding hydrogens is 474 g/mol. The predicted molar refractivity (Wildman–Crippen MR) is 143 cm³/mol. The lowest BCUT2D eigenvalue weighted by Gasteiger charge is -2.30. The Morgan fingerprint density at radius 2 is 1.61 bits per heavy atom. The van der Waals surface area contributed by atoms with Crippen LogP contribution in [0.4, 0.5) is 0 Å². The lowest BCUT2D eigenvalue weighted by atomic mass is 10.1. The third-order valence-corrected chi connectivity index (χ3v) is 8.07. The van der Waals surface area contributed by atoms with Crippen molar-refractivity contribution in [2.45, 2.75) is 44.0 Å². The molecule has 192 valence electrons. The van der Waals surface area contributed by atoms with Crippen LogP contribution in [0.15, 0.2) is 77.7 Å². The van der Waals surface area contributed by atoms with E-state index in [9.17, 15) is 18.0 Å². The fourth-order valence-electron chi connectivity index (χ4n) is 3.98. The van der Waals surface area contributed by atoms with Crippen LogP contribution >= 0.6 is 0 Å². The zero-order valence-electron chi connectivity index (χ0n) is 21.2. The third kappa shape index (κ3) is 6.92. The first kappa shape index (κ1) is 27.4. The normalized spacial score (nSPS) is 12.4. The average molecular weight is 510 g/mol. The second kappa shape index (κ2) is 12.6. The number of sulfonamides is 1. The van der Waals surface area contributed by atoms with E-state index in [1.54, 1.807) is 25.1 Å². The van der Waals surface area contributed by atoms with Crippen molar-refractivity contribution in [1.82, 2.24) is 14.5 Å². The number of benzene rings is 3. The molecule has 3 rings (SSSR count). The molecule has 0 unspecified atom stereocenters. The molecule has 8 heteroatoms. The van der Waals surface area contributed by atoms with Crippen LogP contribution < -0.4 is 5.32 Å². The lowest BCUT2D eigenvalue weighted by molar-refractivity contribution is -0.139. The third-order valence-electron chi connectivity index (χ3n) is 6.27. The van der Waals surface area contributed by atoms with Gasteiger partial charge in [-0.25, -0.2) is 8.42 Å². The van der Waals surface area contributed by atoms with Gasteiger partial charge in [0.15, 0.2) is 0 Å². The van der Waals surface area contributed by atoms with Crippen molar-refractivity contribution in [2.24, 2.45) is 0 Å². The number of nitrogens with one attached hydrogen (secondary N) is 1. The number of hydrogen-bond acceptors (Lipinski definition) is 4. The quantitative estimate of drug-likeness (QED) is 0.376. The second-order valence-electron chi connectivity index (χ2n) is 8.91. The summed E-state index contributed by atoms with van der Waals surface area (Å²) in [6, 6.07) is 21.4. The predicted octanol–water partition coefficient (Wildman–Crippen LogP) is 3.84. The van der Waals surface area contributed by atoms with E-state index in [4.69, 9.17) is 0 Å². The molecule has 3 aromatic rings. The summed E-state index contributed by atoms with van der Waals surface area (Å²) in [5, 5.41) is 4.62. The molecule has 2 amide bonds. The minimum Gasteiger partial charge on any atom is -0.354 e. The lowest BCUT2D eigenvalue weighted by Crippen LogP contribution is -2.51. The summed E-state index contributed by atoms with van der Waals surface area (Å²) in [6.45, 7) is 4.20. The molecule has 0 aliphatic rings. The van der Waals surface area contributed by atoms with Crippen LogP contribution in [0.1, 0.15) is 32.3 Å². The molecule has 7 nitrogen and oxygen atoms in total. The van der Waals surface area contributed by atoms with Gasteiger partial charge in [0.25, 0.3) is 0 Å². The molecule has 1 atom stereocenters. The van der Waals surface area contributed by atoms with Crippen LogP contribution in [0.5, 0.6) is 0 Å². The molecule has 0 fully saturated rings. The van der Waals surface area contributed by atoms with Crippen molar-refractivity contribution in [3.63, 3.8) is 0 Å². The molecule has 0 spiro atoms. The largest absolute Gasteiger partial charge is 0.354 e. The number of rotatable bonds is 12.